The van der Waals surface area contributed by atoms with E-state index in [0.29, 0.717) is 11.9 Å². The molecule has 0 aliphatic carbocycles. The van der Waals surface area contributed by atoms with E-state index < -0.39 is 0 Å². The molecule has 2 aromatic heterocycles. The first-order valence-electron chi connectivity index (χ1n) is 9.64. The van der Waals surface area contributed by atoms with Gasteiger partial charge in [0, 0.05) is 36.9 Å². The van der Waals surface area contributed by atoms with Crippen LogP contribution in [0.1, 0.15) is 30.1 Å². The number of likely N-dealkylation sites (tertiary alicyclic amines) is 1. The number of thiazole rings is 1. The Morgan fingerprint density at radius 2 is 1.97 bits per heavy atom. The highest BCUT2D eigenvalue weighted by molar-refractivity contribution is 7.13. The van der Waals surface area contributed by atoms with E-state index in [9.17, 15) is 0 Å². The highest BCUT2D eigenvalue weighted by Gasteiger charge is 2.23. The number of nitrogens with one attached hydrogen (secondary N) is 1. The first kappa shape index (κ1) is 21.6. The van der Waals surface area contributed by atoms with Crippen molar-refractivity contribution in [3.05, 3.63) is 59.4 Å². The third kappa shape index (κ3) is 5.51. The van der Waals surface area contributed by atoms with E-state index in [1.54, 1.807) is 30.8 Å². The van der Waals surface area contributed by atoms with E-state index in [4.69, 9.17) is 4.74 Å². The number of halogens is 1. The van der Waals surface area contributed by atoms with Gasteiger partial charge in [0.15, 0.2) is 10.8 Å². The predicted octanol–water partition coefficient (Wildman–Crippen LogP) is 3.96. The molecule has 1 aliphatic rings. The van der Waals surface area contributed by atoms with Crippen LogP contribution in [0.15, 0.2) is 48.1 Å². The van der Waals surface area contributed by atoms with Crippen LogP contribution in [0.3, 0.4) is 0 Å². The molecular weight excluding hydrogens is 406 g/mol. The highest BCUT2D eigenvalue weighted by Crippen LogP contribution is 2.27. The summed E-state index contributed by atoms with van der Waals surface area (Å²) in [7, 11) is 1.72. The lowest BCUT2D eigenvalue weighted by molar-refractivity contribution is 0.237. The molecule has 8 heteroatoms. The van der Waals surface area contributed by atoms with Crippen molar-refractivity contribution in [2.24, 2.45) is 0 Å². The Balaban J connectivity index is 0.00000240. The molecule has 1 unspecified atom stereocenters. The lowest BCUT2D eigenvalue weighted by atomic mass is 10.0. The van der Waals surface area contributed by atoms with Gasteiger partial charge in [0.05, 0.1) is 12.8 Å². The molecule has 29 heavy (non-hydrogen) atoms. The Morgan fingerprint density at radius 1 is 1.17 bits per heavy atom. The molecule has 1 saturated heterocycles. The smallest absolute Gasteiger partial charge is 0.188 e. The van der Waals surface area contributed by atoms with E-state index in [1.165, 1.54) is 18.4 Å². The van der Waals surface area contributed by atoms with Crippen LogP contribution in [-0.4, -0.2) is 46.6 Å². The van der Waals surface area contributed by atoms with Gasteiger partial charge in [-0.05, 0) is 49.7 Å². The summed E-state index contributed by atoms with van der Waals surface area (Å²) < 4.78 is 5.43. The molecule has 0 saturated carbocycles. The summed E-state index contributed by atoms with van der Waals surface area (Å²) in [6, 6.07) is 10.6. The molecule has 1 fully saturated rings. The van der Waals surface area contributed by atoms with Crippen LogP contribution in [0, 0.1) is 0 Å². The van der Waals surface area contributed by atoms with E-state index in [2.05, 4.69) is 48.7 Å². The fourth-order valence-electron chi connectivity index (χ4n) is 3.60. The van der Waals surface area contributed by atoms with Gasteiger partial charge in [0.2, 0.25) is 0 Å². The maximum Gasteiger partial charge on any atom is 0.188 e. The molecule has 6 nitrogen and oxygen atoms in total. The van der Waals surface area contributed by atoms with Crippen LogP contribution < -0.4 is 10.1 Å². The number of nitrogens with zero attached hydrogens (tertiary/aromatic N) is 4. The minimum atomic E-state index is 0. The minimum Gasteiger partial charge on any atom is -0.497 e. The fourth-order valence-corrected chi connectivity index (χ4v) is 4.36. The number of rotatable bonds is 8. The molecule has 0 bridgehead atoms. The topological polar surface area (TPSA) is 63.2 Å². The third-order valence-electron chi connectivity index (χ3n) is 5.01. The van der Waals surface area contributed by atoms with Crippen molar-refractivity contribution in [2.45, 2.75) is 25.4 Å². The molecule has 1 aliphatic heterocycles. The number of methoxy groups -OCH3 is 1. The predicted molar refractivity (Wildman–Crippen MR) is 119 cm³/mol. The number of hydrogen-bond donors (Lipinski definition) is 1. The van der Waals surface area contributed by atoms with E-state index in [0.717, 1.165) is 42.6 Å². The molecule has 0 amide bonds. The van der Waals surface area contributed by atoms with Gasteiger partial charge in [-0.2, -0.15) is 0 Å². The normalized spacial score (nSPS) is 15.1. The van der Waals surface area contributed by atoms with Crippen LogP contribution in [0.4, 0.5) is 0 Å². The van der Waals surface area contributed by atoms with Crippen LogP contribution in [0.25, 0.3) is 10.8 Å². The largest absolute Gasteiger partial charge is 0.497 e. The van der Waals surface area contributed by atoms with Crippen molar-refractivity contribution >= 4 is 23.7 Å². The lowest BCUT2D eigenvalue weighted by Crippen LogP contribution is -2.34. The zero-order chi connectivity index (χ0) is 19.2. The van der Waals surface area contributed by atoms with Gasteiger partial charge in [-0.1, -0.05) is 12.1 Å². The Hall–Kier alpha value is -2.06. The molecule has 3 heterocycles. The maximum absolute atomic E-state index is 5.43. The Morgan fingerprint density at radius 3 is 2.72 bits per heavy atom. The summed E-state index contributed by atoms with van der Waals surface area (Å²) in [4.78, 5) is 15.8. The Bertz CT molecular complexity index is 886. The van der Waals surface area contributed by atoms with Gasteiger partial charge in [-0.25, -0.2) is 15.0 Å². The molecule has 154 valence electrons. The summed E-state index contributed by atoms with van der Waals surface area (Å²) in [6.07, 6.45) is 6.03. The molecule has 0 radical (unpaired) electrons. The first-order valence-corrected chi connectivity index (χ1v) is 10.5. The summed E-state index contributed by atoms with van der Waals surface area (Å²) >= 11 is 1.59. The van der Waals surface area contributed by atoms with Crippen molar-refractivity contribution in [3.63, 3.8) is 0 Å². The van der Waals surface area contributed by atoms with Crippen LogP contribution in [0.5, 0.6) is 5.75 Å². The molecule has 3 aromatic rings. The van der Waals surface area contributed by atoms with Gasteiger partial charge in [-0.15, -0.1) is 23.7 Å². The van der Waals surface area contributed by atoms with Crippen molar-refractivity contribution in [3.8, 4) is 16.6 Å². The van der Waals surface area contributed by atoms with Gasteiger partial charge in [-0.3, -0.25) is 4.90 Å². The van der Waals surface area contributed by atoms with Crippen molar-refractivity contribution in [2.75, 3.05) is 26.7 Å². The van der Waals surface area contributed by atoms with Crippen molar-refractivity contribution < 1.29 is 4.74 Å². The van der Waals surface area contributed by atoms with Gasteiger partial charge < -0.3 is 10.1 Å². The highest BCUT2D eigenvalue weighted by atomic mass is 35.5. The van der Waals surface area contributed by atoms with Gasteiger partial charge in [0.25, 0.3) is 0 Å². The van der Waals surface area contributed by atoms with Crippen molar-refractivity contribution in [1.29, 1.82) is 0 Å². The molecule has 0 spiro atoms. The molecule has 4 rings (SSSR count). The maximum atomic E-state index is 5.43. The molecule has 1 aromatic carbocycles. The van der Waals surface area contributed by atoms with Gasteiger partial charge >= 0.3 is 0 Å². The van der Waals surface area contributed by atoms with Crippen molar-refractivity contribution in [1.82, 2.24) is 25.2 Å². The second-order valence-electron chi connectivity index (χ2n) is 6.88. The minimum absolute atomic E-state index is 0. The summed E-state index contributed by atoms with van der Waals surface area (Å²) in [6.45, 7) is 3.91. The first-order chi connectivity index (χ1) is 13.8. The van der Waals surface area contributed by atoms with Crippen LogP contribution >= 0.6 is 23.7 Å². The Kier molecular flexibility index (Phi) is 7.94. The number of aromatic nitrogens is 3. The lowest BCUT2D eigenvalue weighted by Gasteiger charge is -2.28. The third-order valence-corrected chi connectivity index (χ3v) is 5.90. The standard InChI is InChI=1S/C21H25N5OS.ClH/c1-27-18-7-4-6-16(12-18)19(26-10-2-3-11-26)14-22-13-17-15-28-21(25-17)20-23-8-5-9-24-20;/h4-9,12,15,19,22H,2-3,10-11,13-14H2,1H3;1H. The summed E-state index contributed by atoms with van der Waals surface area (Å²) in [5.41, 5.74) is 2.32. The molecular formula is C21H26ClN5OS. The second kappa shape index (κ2) is 10.6. The fraction of sp³-hybridized carbons (Fsp3) is 0.381. The Labute approximate surface area is 181 Å². The number of benzene rings is 1. The summed E-state index contributed by atoms with van der Waals surface area (Å²) in [5.74, 6) is 1.60. The SMILES string of the molecule is COc1cccc(C(CNCc2csc(-c3ncccn3)n2)N2CCCC2)c1.Cl. The van der Waals surface area contributed by atoms with Crippen LogP contribution in [0.2, 0.25) is 0 Å². The second-order valence-corrected chi connectivity index (χ2v) is 7.74. The number of ether oxygens (including phenoxy) is 1. The van der Waals surface area contributed by atoms with Crippen LogP contribution in [-0.2, 0) is 6.54 Å². The monoisotopic (exact) mass is 431 g/mol. The number of hydrogen-bond acceptors (Lipinski definition) is 7. The average Bonchev–Trinajstić information content (AvgIpc) is 3.44. The zero-order valence-corrected chi connectivity index (χ0v) is 18.1. The molecule has 1 N–H and O–H groups in total. The quantitative estimate of drug-likeness (QED) is 0.582. The van der Waals surface area contributed by atoms with E-state index in [-0.39, 0.29) is 12.4 Å². The van der Waals surface area contributed by atoms with E-state index >= 15 is 0 Å². The van der Waals surface area contributed by atoms with E-state index in [1.807, 2.05) is 12.1 Å². The summed E-state index contributed by atoms with van der Waals surface area (Å²) in [5, 5.41) is 6.54. The zero-order valence-electron chi connectivity index (χ0n) is 16.5. The molecule has 1 atom stereocenters. The van der Waals surface area contributed by atoms with Gasteiger partial charge in [0.1, 0.15) is 5.75 Å². The average molecular weight is 432 g/mol.